The Kier molecular flexibility index (Phi) is 5.44. The van der Waals surface area contributed by atoms with Crippen LogP contribution in [-0.4, -0.2) is 47.3 Å². The maximum absolute atomic E-state index is 13.3. The van der Waals surface area contributed by atoms with Gasteiger partial charge in [-0.3, -0.25) is 9.69 Å². The van der Waals surface area contributed by atoms with Crippen LogP contribution in [-0.2, 0) is 0 Å². The number of rotatable bonds is 4. The van der Waals surface area contributed by atoms with Gasteiger partial charge in [0.1, 0.15) is 9.71 Å². The molecule has 8 nitrogen and oxygen atoms in total. The highest BCUT2D eigenvalue weighted by atomic mass is 32.1. The van der Waals surface area contributed by atoms with E-state index in [-0.39, 0.29) is 18.0 Å². The summed E-state index contributed by atoms with van der Waals surface area (Å²) in [7, 11) is 0. The number of carbonyl (C=O) groups excluding carboxylic acids is 2. The summed E-state index contributed by atoms with van der Waals surface area (Å²) in [5.41, 5.74) is 4.02. The second-order valence-electron chi connectivity index (χ2n) is 8.63. The van der Waals surface area contributed by atoms with Crippen molar-refractivity contribution in [2.24, 2.45) is 0 Å². The highest BCUT2D eigenvalue weighted by molar-refractivity contribution is 7.21. The molecule has 2 atom stereocenters. The summed E-state index contributed by atoms with van der Waals surface area (Å²) in [6, 6.07) is 19.0. The number of thiophene rings is 1. The quantitative estimate of drug-likeness (QED) is 0.348. The summed E-state index contributed by atoms with van der Waals surface area (Å²) in [5, 5.41) is 19.9. The molecular weight excluding hydrogens is 462 g/mol. The van der Waals surface area contributed by atoms with Crippen molar-refractivity contribution >= 4 is 50.6 Å². The molecule has 3 amide bonds. The SMILES string of the molecule is O=C(N[C@H]1CCNC[C@H]1O)c1sc2nccc3c2c1NC(=O)N3c1ccc(-c2ccccc2)cc1. The number of β-amino-alcohol motifs (C(OH)–C–C–N with tert-alkyl or cyclic N) is 1. The Balaban J connectivity index is 1.35. The van der Waals surface area contributed by atoms with Gasteiger partial charge in [-0.25, -0.2) is 9.78 Å². The van der Waals surface area contributed by atoms with Crippen LogP contribution in [0.4, 0.5) is 21.9 Å². The predicted octanol–water partition coefficient (Wildman–Crippen LogP) is 4.10. The molecule has 1 fully saturated rings. The molecule has 35 heavy (non-hydrogen) atoms. The highest BCUT2D eigenvalue weighted by Gasteiger charge is 2.34. The maximum Gasteiger partial charge on any atom is 0.331 e. The molecule has 0 aliphatic carbocycles. The van der Waals surface area contributed by atoms with Gasteiger partial charge >= 0.3 is 6.03 Å². The van der Waals surface area contributed by atoms with Gasteiger partial charge in [0.25, 0.3) is 5.91 Å². The molecule has 0 radical (unpaired) electrons. The van der Waals surface area contributed by atoms with Crippen LogP contribution in [0.15, 0.2) is 66.9 Å². The minimum Gasteiger partial charge on any atom is -0.390 e. The molecule has 2 aliphatic heterocycles. The van der Waals surface area contributed by atoms with Gasteiger partial charge in [-0.15, -0.1) is 11.3 Å². The molecule has 2 aromatic heterocycles. The van der Waals surface area contributed by atoms with E-state index in [1.807, 2.05) is 54.6 Å². The van der Waals surface area contributed by atoms with Gasteiger partial charge in [0.15, 0.2) is 0 Å². The fraction of sp³-hybridized carbons (Fsp3) is 0.192. The molecule has 0 saturated carbocycles. The van der Waals surface area contributed by atoms with E-state index in [0.29, 0.717) is 34.0 Å². The molecule has 9 heteroatoms. The number of piperidine rings is 1. The number of anilines is 3. The molecular formula is C26H23N5O3S. The summed E-state index contributed by atoms with van der Waals surface area (Å²) in [4.78, 5) is 33.6. The van der Waals surface area contributed by atoms with Gasteiger partial charge in [-0.2, -0.15) is 0 Å². The number of aromatic nitrogens is 1. The molecule has 0 bridgehead atoms. The van der Waals surface area contributed by atoms with E-state index in [0.717, 1.165) is 28.7 Å². The van der Waals surface area contributed by atoms with Crippen molar-refractivity contribution in [3.63, 3.8) is 0 Å². The number of amides is 3. The Morgan fingerprint density at radius 1 is 1.09 bits per heavy atom. The van der Waals surface area contributed by atoms with Crippen LogP contribution in [0.5, 0.6) is 0 Å². The van der Waals surface area contributed by atoms with Crippen LogP contribution in [0.25, 0.3) is 21.3 Å². The molecule has 6 rings (SSSR count). The van der Waals surface area contributed by atoms with Crippen molar-refractivity contribution in [2.45, 2.75) is 18.6 Å². The van der Waals surface area contributed by atoms with Crippen LogP contribution in [0, 0.1) is 0 Å². The number of aliphatic hydroxyl groups excluding tert-OH is 1. The van der Waals surface area contributed by atoms with Crippen LogP contribution in [0.1, 0.15) is 16.1 Å². The maximum atomic E-state index is 13.3. The summed E-state index contributed by atoms with van der Waals surface area (Å²) < 4.78 is 0. The average molecular weight is 486 g/mol. The molecule has 176 valence electrons. The summed E-state index contributed by atoms with van der Waals surface area (Å²) in [5.74, 6) is -0.319. The number of nitrogens with one attached hydrogen (secondary N) is 3. The van der Waals surface area contributed by atoms with Crippen molar-refractivity contribution in [1.82, 2.24) is 15.6 Å². The third-order valence-corrected chi connectivity index (χ3v) is 7.55. The zero-order valence-electron chi connectivity index (χ0n) is 18.7. The van der Waals surface area contributed by atoms with Gasteiger partial charge in [0.05, 0.1) is 34.6 Å². The number of aliphatic hydroxyl groups is 1. The lowest BCUT2D eigenvalue weighted by atomic mass is 10.0. The fourth-order valence-corrected chi connectivity index (χ4v) is 5.70. The van der Waals surface area contributed by atoms with Crippen molar-refractivity contribution in [1.29, 1.82) is 0 Å². The second kappa shape index (κ2) is 8.77. The number of benzene rings is 2. The number of nitrogens with zero attached hydrogens (tertiary/aromatic N) is 2. The van der Waals surface area contributed by atoms with Crippen LogP contribution < -0.4 is 20.9 Å². The lowest BCUT2D eigenvalue weighted by molar-refractivity contribution is 0.0769. The van der Waals surface area contributed by atoms with E-state index in [1.165, 1.54) is 11.3 Å². The van der Waals surface area contributed by atoms with E-state index < -0.39 is 6.10 Å². The topological polar surface area (TPSA) is 107 Å². The molecule has 2 aliphatic rings. The number of hydrogen-bond donors (Lipinski definition) is 4. The molecule has 2 aromatic carbocycles. The fourth-order valence-electron chi connectivity index (χ4n) is 4.68. The van der Waals surface area contributed by atoms with Crippen LogP contribution in [0.2, 0.25) is 0 Å². The Hall–Kier alpha value is -3.79. The first kappa shape index (κ1) is 21.7. The van der Waals surface area contributed by atoms with Crippen molar-refractivity contribution < 1.29 is 14.7 Å². The molecule has 4 aromatic rings. The minimum absolute atomic E-state index is 0.319. The van der Waals surface area contributed by atoms with E-state index >= 15 is 0 Å². The van der Waals surface area contributed by atoms with Crippen LogP contribution in [0.3, 0.4) is 0 Å². The molecule has 0 unspecified atom stereocenters. The summed E-state index contributed by atoms with van der Waals surface area (Å²) in [6.45, 7) is 1.16. The zero-order chi connectivity index (χ0) is 23.9. The van der Waals surface area contributed by atoms with Gasteiger partial charge < -0.3 is 21.1 Å². The Bertz CT molecular complexity index is 1420. The average Bonchev–Trinajstić information content (AvgIpc) is 3.26. The lowest BCUT2D eigenvalue weighted by Crippen LogP contribution is -2.52. The lowest BCUT2D eigenvalue weighted by Gasteiger charge is -2.30. The van der Waals surface area contributed by atoms with Crippen molar-refractivity contribution in [3.05, 3.63) is 71.7 Å². The Morgan fingerprint density at radius 2 is 1.86 bits per heavy atom. The summed E-state index contributed by atoms with van der Waals surface area (Å²) in [6.07, 6.45) is 1.63. The monoisotopic (exact) mass is 485 g/mol. The molecule has 0 spiro atoms. The van der Waals surface area contributed by atoms with E-state index in [9.17, 15) is 14.7 Å². The molecule has 4 heterocycles. The minimum atomic E-state index is -0.656. The molecule has 4 N–H and O–H groups in total. The number of pyridine rings is 1. The first-order valence-corrected chi connectivity index (χ1v) is 12.3. The van der Waals surface area contributed by atoms with E-state index in [1.54, 1.807) is 17.2 Å². The third kappa shape index (κ3) is 3.83. The van der Waals surface area contributed by atoms with E-state index in [4.69, 9.17) is 0 Å². The van der Waals surface area contributed by atoms with E-state index in [2.05, 4.69) is 20.9 Å². The number of urea groups is 1. The zero-order valence-corrected chi connectivity index (χ0v) is 19.5. The molecule has 1 saturated heterocycles. The van der Waals surface area contributed by atoms with Gasteiger partial charge in [0.2, 0.25) is 0 Å². The van der Waals surface area contributed by atoms with Gasteiger partial charge in [0, 0.05) is 12.7 Å². The van der Waals surface area contributed by atoms with Gasteiger partial charge in [-0.1, -0.05) is 42.5 Å². The standard InChI is InChI=1S/C26H23N5O3S/c32-20-14-27-12-10-18(20)29-24(33)23-22-21-19(11-13-28-25(21)35-23)31(26(34)30-22)17-8-6-16(7-9-17)15-4-2-1-3-5-15/h1-9,11,13,18,20,27,32H,10,12,14H2,(H,29,33)(H,30,34)/t18-,20+/m0/s1. The highest BCUT2D eigenvalue weighted by Crippen LogP contribution is 2.45. The summed E-state index contributed by atoms with van der Waals surface area (Å²) >= 11 is 1.24. The number of carbonyl (C=O) groups is 2. The largest absolute Gasteiger partial charge is 0.390 e. The Morgan fingerprint density at radius 3 is 2.63 bits per heavy atom. The van der Waals surface area contributed by atoms with Gasteiger partial charge in [-0.05, 0) is 42.3 Å². The Labute approximate surface area is 205 Å². The van der Waals surface area contributed by atoms with Crippen molar-refractivity contribution in [3.8, 4) is 11.1 Å². The smallest absolute Gasteiger partial charge is 0.331 e. The number of hydrogen-bond acceptors (Lipinski definition) is 6. The second-order valence-corrected chi connectivity index (χ2v) is 9.63. The van der Waals surface area contributed by atoms with Crippen LogP contribution >= 0.6 is 11.3 Å². The first-order valence-electron chi connectivity index (χ1n) is 11.5. The first-order chi connectivity index (χ1) is 17.1. The normalized spacial score (nSPS) is 19.5. The predicted molar refractivity (Wildman–Crippen MR) is 137 cm³/mol. The third-order valence-electron chi connectivity index (χ3n) is 6.45. The van der Waals surface area contributed by atoms with Crippen molar-refractivity contribution in [2.75, 3.05) is 23.3 Å².